The first-order chi connectivity index (χ1) is 15.4. The van der Waals surface area contributed by atoms with Crippen LogP contribution >= 0.6 is 11.6 Å². The lowest BCUT2D eigenvalue weighted by molar-refractivity contribution is 0.0600. The van der Waals surface area contributed by atoms with Gasteiger partial charge in [0.1, 0.15) is 11.4 Å². The van der Waals surface area contributed by atoms with Crippen LogP contribution in [0.5, 0.6) is 0 Å². The highest BCUT2D eigenvalue weighted by molar-refractivity contribution is 6.30. The van der Waals surface area contributed by atoms with Crippen LogP contribution in [0.1, 0.15) is 50.5 Å². The summed E-state index contributed by atoms with van der Waals surface area (Å²) in [6, 6.07) is 14.5. The van der Waals surface area contributed by atoms with E-state index in [1.54, 1.807) is 12.1 Å². The molecular weight excluding hydrogens is 428 g/mol. The van der Waals surface area contributed by atoms with Crippen LogP contribution in [0.3, 0.4) is 0 Å². The van der Waals surface area contributed by atoms with E-state index < -0.39 is 0 Å². The lowest BCUT2D eigenvalue weighted by atomic mass is 10.1. The Bertz CT molecular complexity index is 1140. The third-order valence-electron chi connectivity index (χ3n) is 5.68. The molecule has 1 aliphatic heterocycles. The molecule has 2 heterocycles. The van der Waals surface area contributed by atoms with Crippen molar-refractivity contribution in [3.8, 4) is 0 Å². The van der Waals surface area contributed by atoms with E-state index in [0.29, 0.717) is 28.4 Å². The van der Waals surface area contributed by atoms with Gasteiger partial charge >= 0.3 is 5.97 Å². The highest BCUT2D eigenvalue weighted by Gasteiger charge is 2.30. The van der Waals surface area contributed by atoms with Gasteiger partial charge in [-0.25, -0.2) is 9.48 Å². The zero-order chi connectivity index (χ0) is 22.8. The van der Waals surface area contributed by atoms with Crippen LogP contribution in [-0.2, 0) is 17.8 Å². The average Bonchev–Trinajstić information content (AvgIpc) is 3.32. The summed E-state index contributed by atoms with van der Waals surface area (Å²) in [4.78, 5) is 27.1. The molecule has 0 aliphatic carbocycles. The lowest BCUT2D eigenvalue weighted by Gasteiger charge is -2.20. The third-order valence-corrected chi connectivity index (χ3v) is 5.93. The molecule has 0 radical (unpaired) electrons. The number of methoxy groups -OCH3 is 1. The average molecular weight is 453 g/mol. The van der Waals surface area contributed by atoms with E-state index >= 15 is 0 Å². The maximum Gasteiger partial charge on any atom is 0.337 e. The fraction of sp³-hybridized carbons (Fsp3) is 0.292. The zero-order valence-electron chi connectivity index (χ0n) is 18.3. The van der Waals surface area contributed by atoms with Crippen molar-refractivity contribution in [1.29, 1.82) is 0 Å². The van der Waals surface area contributed by atoms with Crippen molar-refractivity contribution in [2.24, 2.45) is 0 Å². The minimum Gasteiger partial charge on any atom is -0.465 e. The Kier molecular flexibility index (Phi) is 6.19. The van der Waals surface area contributed by atoms with E-state index in [9.17, 15) is 9.59 Å². The van der Waals surface area contributed by atoms with Gasteiger partial charge in [-0.05, 0) is 49.2 Å². The number of anilines is 1. The number of aromatic nitrogens is 2. The predicted molar refractivity (Wildman–Crippen MR) is 123 cm³/mol. The molecule has 8 heteroatoms. The molecule has 166 valence electrons. The number of carbonyl (C=O) groups is 2. The van der Waals surface area contributed by atoms with E-state index in [2.05, 4.69) is 15.3 Å². The first-order valence-corrected chi connectivity index (χ1v) is 10.8. The number of aryl methyl sites for hydroxylation is 1. The molecule has 1 atom stereocenters. The second-order valence-corrected chi connectivity index (χ2v) is 8.30. The summed E-state index contributed by atoms with van der Waals surface area (Å²) in [5.41, 5.74) is 3.77. The number of halogens is 1. The molecule has 1 amide bonds. The number of amides is 1. The summed E-state index contributed by atoms with van der Waals surface area (Å²) in [5.74, 6) is 0.277. The minimum atomic E-state index is -0.389. The van der Waals surface area contributed by atoms with E-state index in [4.69, 9.17) is 16.3 Å². The van der Waals surface area contributed by atoms with Crippen LogP contribution < -0.4 is 10.2 Å². The monoisotopic (exact) mass is 452 g/mol. The van der Waals surface area contributed by atoms with Crippen LogP contribution in [0.4, 0.5) is 5.82 Å². The van der Waals surface area contributed by atoms with Crippen LogP contribution in [0, 0.1) is 6.92 Å². The van der Waals surface area contributed by atoms with Gasteiger partial charge in [-0.15, -0.1) is 0 Å². The van der Waals surface area contributed by atoms with E-state index in [-0.39, 0.29) is 17.9 Å². The molecule has 1 aliphatic rings. The minimum absolute atomic E-state index is 0.170. The highest BCUT2D eigenvalue weighted by atomic mass is 35.5. The number of hydrogen-bond acceptors (Lipinski definition) is 5. The number of carbonyl (C=O) groups excluding carboxylic acids is 2. The Morgan fingerprint density at radius 3 is 2.47 bits per heavy atom. The van der Waals surface area contributed by atoms with Gasteiger partial charge in [0.25, 0.3) is 5.91 Å². The van der Waals surface area contributed by atoms with Crippen molar-refractivity contribution in [3.05, 3.63) is 81.5 Å². The van der Waals surface area contributed by atoms with E-state index in [1.807, 2.05) is 54.9 Å². The number of hydrogen-bond donors (Lipinski definition) is 1. The molecule has 0 unspecified atom stereocenters. The Labute approximate surface area is 191 Å². The van der Waals surface area contributed by atoms with Crippen molar-refractivity contribution < 1.29 is 14.3 Å². The maximum atomic E-state index is 13.3. The van der Waals surface area contributed by atoms with Gasteiger partial charge in [0.05, 0.1) is 31.0 Å². The molecule has 0 saturated heterocycles. The van der Waals surface area contributed by atoms with Gasteiger partial charge in [-0.2, -0.15) is 5.10 Å². The second kappa shape index (κ2) is 9.04. The van der Waals surface area contributed by atoms with Gasteiger partial charge in [0.2, 0.25) is 0 Å². The first-order valence-electron chi connectivity index (χ1n) is 10.4. The fourth-order valence-electron chi connectivity index (χ4n) is 3.98. The Morgan fingerprint density at radius 2 is 1.81 bits per heavy atom. The molecule has 3 aromatic rings. The van der Waals surface area contributed by atoms with Gasteiger partial charge in [0.15, 0.2) is 0 Å². The van der Waals surface area contributed by atoms with Gasteiger partial charge < -0.3 is 15.0 Å². The molecule has 2 aromatic carbocycles. The summed E-state index contributed by atoms with van der Waals surface area (Å²) in [6.45, 7) is 5.97. The first kappa shape index (κ1) is 21.9. The fourth-order valence-corrected chi connectivity index (χ4v) is 4.10. The van der Waals surface area contributed by atoms with Gasteiger partial charge in [-0.1, -0.05) is 35.9 Å². The summed E-state index contributed by atoms with van der Waals surface area (Å²) in [5, 5.41) is 8.35. The molecule has 4 rings (SSSR count). The summed E-state index contributed by atoms with van der Waals surface area (Å²) >= 11 is 6.01. The SMILES string of the molecule is COC(=O)c1ccc([C@H](C)NC(=O)c2c(C)nn3c2N(Cc2ccc(Cl)cc2)CC3)cc1. The Balaban J connectivity index is 1.52. The molecule has 0 spiro atoms. The van der Waals surface area contributed by atoms with Crippen LogP contribution in [0.15, 0.2) is 48.5 Å². The quantitative estimate of drug-likeness (QED) is 0.569. The van der Waals surface area contributed by atoms with Gasteiger partial charge in [-0.3, -0.25) is 4.79 Å². The molecule has 32 heavy (non-hydrogen) atoms. The molecular formula is C24H25ClN4O3. The number of nitrogens with zero attached hydrogens (tertiary/aromatic N) is 3. The van der Waals surface area contributed by atoms with Crippen molar-refractivity contribution in [3.63, 3.8) is 0 Å². The van der Waals surface area contributed by atoms with Crippen LogP contribution in [-0.4, -0.2) is 35.3 Å². The summed E-state index contributed by atoms with van der Waals surface area (Å²) < 4.78 is 6.63. The normalized spacial score (nSPS) is 13.6. The van der Waals surface area contributed by atoms with E-state index in [1.165, 1.54) is 7.11 Å². The maximum absolute atomic E-state index is 13.3. The smallest absolute Gasteiger partial charge is 0.337 e. The number of rotatable bonds is 6. The number of esters is 1. The Morgan fingerprint density at radius 1 is 1.12 bits per heavy atom. The van der Waals surface area contributed by atoms with Crippen molar-refractivity contribution in [2.75, 3.05) is 18.6 Å². The number of benzene rings is 2. The molecule has 0 bridgehead atoms. The predicted octanol–water partition coefficient (Wildman–Crippen LogP) is 4.14. The standard InChI is InChI=1S/C24H25ClN4O3/c1-15(18-6-8-19(9-7-18)24(31)32-3)26-22(30)21-16(2)27-29-13-12-28(23(21)29)14-17-4-10-20(25)11-5-17/h4-11,15H,12-14H2,1-3H3,(H,26,30)/t15-/m0/s1. The largest absolute Gasteiger partial charge is 0.465 e. The third kappa shape index (κ3) is 4.34. The van der Waals surface area contributed by atoms with Crippen LogP contribution in [0.25, 0.3) is 0 Å². The highest BCUT2D eigenvalue weighted by Crippen LogP contribution is 2.30. The molecule has 1 N–H and O–H groups in total. The topological polar surface area (TPSA) is 76.5 Å². The molecule has 0 saturated carbocycles. The number of fused-ring (bicyclic) bond motifs is 1. The van der Waals surface area contributed by atoms with Crippen molar-refractivity contribution in [1.82, 2.24) is 15.1 Å². The van der Waals surface area contributed by atoms with Crippen molar-refractivity contribution >= 4 is 29.3 Å². The number of nitrogens with one attached hydrogen (secondary N) is 1. The van der Waals surface area contributed by atoms with Crippen molar-refractivity contribution in [2.45, 2.75) is 33.0 Å². The second-order valence-electron chi connectivity index (χ2n) is 7.86. The summed E-state index contributed by atoms with van der Waals surface area (Å²) in [7, 11) is 1.35. The molecule has 0 fully saturated rings. The molecule has 1 aromatic heterocycles. The zero-order valence-corrected chi connectivity index (χ0v) is 19.0. The molecule has 7 nitrogen and oxygen atoms in total. The van der Waals surface area contributed by atoms with Gasteiger partial charge in [0, 0.05) is 18.1 Å². The summed E-state index contributed by atoms with van der Waals surface area (Å²) in [6.07, 6.45) is 0. The van der Waals surface area contributed by atoms with Crippen LogP contribution in [0.2, 0.25) is 5.02 Å². The Hall–Kier alpha value is -3.32. The van der Waals surface area contributed by atoms with E-state index in [0.717, 1.165) is 30.0 Å². The number of ether oxygens (including phenoxy) is 1. The lowest BCUT2D eigenvalue weighted by Crippen LogP contribution is -2.29.